The van der Waals surface area contributed by atoms with Crippen LogP contribution in [0.2, 0.25) is 0 Å². The Bertz CT molecular complexity index is 1020. The zero-order valence-electron chi connectivity index (χ0n) is 24.0. The quantitative estimate of drug-likeness (QED) is 0.103. The van der Waals surface area contributed by atoms with Crippen LogP contribution in [0.5, 0.6) is 11.5 Å². The lowest BCUT2D eigenvalue weighted by Gasteiger charge is -2.32. The van der Waals surface area contributed by atoms with Crippen molar-refractivity contribution < 1.29 is 10.2 Å². The summed E-state index contributed by atoms with van der Waals surface area (Å²) in [5.74, 6) is 1.66. The van der Waals surface area contributed by atoms with Crippen molar-refractivity contribution in [3.63, 3.8) is 0 Å². The first-order chi connectivity index (χ1) is 18.8. The fraction of sp³-hybridized carbons (Fsp3) is 0.576. The van der Waals surface area contributed by atoms with E-state index in [1.54, 1.807) is 35.7 Å². The van der Waals surface area contributed by atoms with Crippen LogP contribution >= 0.6 is 35.7 Å². The maximum Gasteiger partial charge on any atom is 0.157 e. The molecule has 2 unspecified atom stereocenters. The number of nitriles is 1. The molecular weight excluding hydrogens is 539 g/mol. The van der Waals surface area contributed by atoms with Gasteiger partial charge >= 0.3 is 0 Å². The molecule has 0 aromatic heterocycles. The zero-order chi connectivity index (χ0) is 28.5. The SMILES string of the molecule is CCCCCCCCCCCCSC(=S)SCC(CC(c1ccccc1)C(C)(C)C#N)c1ccc(O)c(O)c1. The Morgan fingerprint density at radius 3 is 2.05 bits per heavy atom. The maximum atomic E-state index is 10.2. The third-order valence-electron chi connectivity index (χ3n) is 7.47. The van der Waals surface area contributed by atoms with E-state index < -0.39 is 5.41 Å². The molecule has 0 spiro atoms. The van der Waals surface area contributed by atoms with Gasteiger partial charge in [0.05, 0.1) is 11.5 Å². The Morgan fingerprint density at radius 2 is 1.46 bits per heavy atom. The number of thiocarbonyl (C=S) groups is 1. The van der Waals surface area contributed by atoms with Gasteiger partial charge < -0.3 is 10.2 Å². The van der Waals surface area contributed by atoms with Gasteiger partial charge in [-0.1, -0.05) is 113 Å². The first-order valence-electron chi connectivity index (χ1n) is 14.6. The second kappa shape index (κ2) is 18.6. The van der Waals surface area contributed by atoms with Crippen molar-refractivity contribution in [2.45, 2.75) is 103 Å². The van der Waals surface area contributed by atoms with Gasteiger partial charge in [-0.15, -0.1) is 23.5 Å². The highest BCUT2D eigenvalue weighted by Gasteiger charge is 2.33. The van der Waals surface area contributed by atoms with Crippen molar-refractivity contribution in [2.24, 2.45) is 5.41 Å². The van der Waals surface area contributed by atoms with Crippen LogP contribution in [0.15, 0.2) is 48.5 Å². The lowest BCUT2D eigenvalue weighted by atomic mass is 9.71. The zero-order valence-corrected chi connectivity index (χ0v) is 26.5. The molecule has 0 heterocycles. The summed E-state index contributed by atoms with van der Waals surface area (Å²) >= 11 is 9.19. The molecule has 2 atom stereocenters. The minimum atomic E-state index is -0.562. The van der Waals surface area contributed by atoms with Gasteiger partial charge in [0.25, 0.3) is 0 Å². The molecule has 3 nitrogen and oxygen atoms in total. The molecule has 2 N–H and O–H groups in total. The first-order valence-corrected chi connectivity index (χ1v) is 16.9. The summed E-state index contributed by atoms with van der Waals surface area (Å²) < 4.78 is 0.953. The summed E-state index contributed by atoms with van der Waals surface area (Å²) in [5, 5.41) is 30.1. The number of aromatic hydroxyl groups is 2. The number of nitrogens with zero attached hydrogens (tertiary/aromatic N) is 1. The third kappa shape index (κ3) is 12.6. The Kier molecular flexibility index (Phi) is 16.0. The van der Waals surface area contributed by atoms with Crippen molar-refractivity contribution in [1.82, 2.24) is 0 Å². The van der Waals surface area contributed by atoms with E-state index in [4.69, 9.17) is 12.2 Å². The molecule has 2 aromatic rings. The van der Waals surface area contributed by atoms with Gasteiger partial charge in [-0.3, -0.25) is 0 Å². The monoisotopic (exact) mass is 585 g/mol. The van der Waals surface area contributed by atoms with Gasteiger partial charge in [0.15, 0.2) is 11.5 Å². The molecule has 0 aliphatic heterocycles. The number of hydrogen-bond donors (Lipinski definition) is 2. The van der Waals surface area contributed by atoms with Crippen LogP contribution in [0.25, 0.3) is 0 Å². The Hall–Kier alpha value is -1.68. The number of rotatable bonds is 18. The number of phenolic OH excluding ortho intramolecular Hbond substituents is 2. The van der Waals surface area contributed by atoms with Gasteiger partial charge in [-0.2, -0.15) is 5.26 Å². The molecule has 0 amide bonds. The molecule has 214 valence electrons. The van der Waals surface area contributed by atoms with Gasteiger partial charge in [-0.25, -0.2) is 0 Å². The highest BCUT2D eigenvalue weighted by Crippen LogP contribution is 2.44. The van der Waals surface area contributed by atoms with Crippen molar-refractivity contribution in [1.29, 1.82) is 5.26 Å². The minimum Gasteiger partial charge on any atom is -0.504 e. The molecule has 2 rings (SSSR count). The number of hydrogen-bond acceptors (Lipinski definition) is 6. The van der Waals surface area contributed by atoms with Crippen LogP contribution in [0.1, 0.15) is 114 Å². The van der Waals surface area contributed by atoms with Crippen LogP contribution in [-0.4, -0.2) is 25.2 Å². The van der Waals surface area contributed by atoms with E-state index in [1.807, 2.05) is 38.1 Å². The average Bonchev–Trinajstić information content (AvgIpc) is 2.93. The molecule has 0 aliphatic carbocycles. The topological polar surface area (TPSA) is 64.2 Å². The first kappa shape index (κ1) is 33.5. The lowest BCUT2D eigenvalue weighted by Crippen LogP contribution is -2.23. The molecule has 0 saturated heterocycles. The molecule has 0 radical (unpaired) electrons. The van der Waals surface area contributed by atoms with E-state index in [0.29, 0.717) is 0 Å². The smallest absolute Gasteiger partial charge is 0.157 e. The summed E-state index contributed by atoms with van der Waals surface area (Å²) in [5.41, 5.74) is 1.53. The van der Waals surface area contributed by atoms with Crippen molar-refractivity contribution in [3.05, 3.63) is 59.7 Å². The number of unbranched alkanes of at least 4 members (excludes halogenated alkanes) is 9. The molecule has 39 heavy (non-hydrogen) atoms. The van der Waals surface area contributed by atoms with Gasteiger partial charge in [0, 0.05) is 11.7 Å². The van der Waals surface area contributed by atoms with E-state index in [2.05, 4.69) is 25.1 Å². The van der Waals surface area contributed by atoms with Crippen molar-refractivity contribution in [2.75, 3.05) is 11.5 Å². The van der Waals surface area contributed by atoms with Crippen molar-refractivity contribution in [3.8, 4) is 17.6 Å². The molecule has 0 saturated carbocycles. The molecule has 0 aliphatic rings. The average molecular weight is 586 g/mol. The van der Waals surface area contributed by atoms with Crippen LogP contribution in [0.4, 0.5) is 0 Å². The molecule has 0 bridgehead atoms. The Balaban J connectivity index is 1.91. The van der Waals surface area contributed by atoms with E-state index in [1.165, 1.54) is 64.2 Å². The van der Waals surface area contributed by atoms with E-state index in [0.717, 1.165) is 32.6 Å². The summed E-state index contributed by atoms with van der Waals surface area (Å²) in [6, 6.07) is 17.8. The summed E-state index contributed by atoms with van der Waals surface area (Å²) in [6.07, 6.45) is 14.1. The van der Waals surface area contributed by atoms with E-state index >= 15 is 0 Å². The fourth-order valence-electron chi connectivity index (χ4n) is 4.95. The van der Waals surface area contributed by atoms with Gasteiger partial charge in [0.1, 0.15) is 3.53 Å². The summed E-state index contributed by atoms with van der Waals surface area (Å²) in [6.45, 7) is 6.26. The number of thioether (sulfide) groups is 2. The highest BCUT2D eigenvalue weighted by atomic mass is 32.2. The predicted octanol–water partition coefficient (Wildman–Crippen LogP) is 10.6. The highest BCUT2D eigenvalue weighted by molar-refractivity contribution is 8.47. The summed E-state index contributed by atoms with van der Waals surface area (Å²) in [4.78, 5) is 0. The van der Waals surface area contributed by atoms with Crippen LogP contribution in [0, 0.1) is 16.7 Å². The standard InChI is InChI=1S/C33H47NO2S3/c1-4-5-6-7-8-9-10-11-12-16-21-38-32(37)39-24-28(27-19-20-30(35)31(36)23-27)22-29(33(2,3)25-34)26-17-14-13-15-18-26/h13-15,17-20,23,28-29,35-36H,4-12,16,21-22,24H2,1-3H3. The Morgan fingerprint density at radius 1 is 0.846 bits per heavy atom. The molecule has 2 aromatic carbocycles. The van der Waals surface area contributed by atoms with Gasteiger partial charge in [0.2, 0.25) is 0 Å². The minimum absolute atomic E-state index is 0.0121. The van der Waals surface area contributed by atoms with Crippen LogP contribution in [0.3, 0.4) is 0 Å². The lowest BCUT2D eigenvalue weighted by molar-refractivity contribution is 0.348. The third-order valence-corrected chi connectivity index (χ3v) is 10.4. The maximum absolute atomic E-state index is 10.2. The Labute approximate surface area is 251 Å². The second-order valence-electron chi connectivity index (χ2n) is 11.1. The van der Waals surface area contributed by atoms with Crippen LogP contribution in [-0.2, 0) is 0 Å². The fourth-order valence-corrected chi connectivity index (χ4v) is 7.37. The van der Waals surface area contributed by atoms with Crippen LogP contribution < -0.4 is 0 Å². The molecular formula is C33H47NO2S3. The summed E-state index contributed by atoms with van der Waals surface area (Å²) in [7, 11) is 0. The van der Waals surface area contributed by atoms with E-state index in [-0.39, 0.29) is 23.3 Å². The normalized spacial score (nSPS) is 13.1. The number of benzene rings is 2. The van der Waals surface area contributed by atoms with E-state index in [9.17, 15) is 15.5 Å². The largest absolute Gasteiger partial charge is 0.504 e. The number of phenols is 2. The van der Waals surface area contributed by atoms with Crippen molar-refractivity contribution >= 4 is 39.3 Å². The second-order valence-corrected chi connectivity index (χ2v) is 14.4. The molecule has 0 fully saturated rings. The predicted molar refractivity (Wildman–Crippen MR) is 175 cm³/mol. The molecule has 6 heteroatoms. The van der Waals surface area contributed by atoms with Gasteiger partial charge in [-0.05, 0) is 61.6 Å².